The van der Waals surface area contributed by atoms with Gasteiger partial charge in [-0.2, -0.15) is 5.10 Å². The first-order chi connectivity index (χ1) is 9.67. The number of ketones is 1. The van der Waals surface area contributed by atoms with Crippen LogP contribution >= 0.6 is 0 Å². The average Bonchev–Trinajstić information content (AvgIpc) is 2.82. The smallest absolute Gasteiger partial charge is 0.168 e. The molecule has 0 bridgehead atoms. The molecule has 1 heterocycles. The van der Waals surface area contributed by atoms with Crippen molar-refractivity contribution in [3.05, 3.63) is 41.1 Å². The first-order valence-electron chi connectivity index (χ1n) is 7.13. The summed E-state index contributed by atoms with van der Waals surface area (Å²) in [5.74, 6) is 1.23. The maximum absolute atomic E-state index is 12.2. The molecule has 4 nitrogen and oxygen atoms in total. The van der Waals surface area contributed by atoms with Gasteiger partial charge in [-0.15, -0.1) is 0 Å². The number of carbonyl (C=O) groups excluding carboxylic acids is 1. The lowest BCUT2D eigenvalue weighted by Crippen LogP contribution is -2.17. The molecule has 0 radical (unpaired) electrons. The fourth-order valence-corrected chi connectivity index (χ4v) is 2.72. The van der Waals surface area contributed by atoms with E-state index in [1.807, 2.05) is 12.1 Å². The number of nitrogens with one attached hydrogen (secondary N) is 2. The molecule has 4 heteroatoms. The highest BCUT2D eigenvalue weighted by Gasteiger charge is 2.27. The Hall–Kier alpha value is -2.10. The van der Waals surface area contributed by atoms with E-state index < -0.39 is 0 Å². The van der Waals surface area contributed by atoms with E-state index >= 15 is 0 Å². The molecule has 0 fully saturated rings. The van der Waals surface area contributed by atoms with Crippen LogP contribution in [0, 0.1) is 5.92 Å². The van der Waals surface area contributed by atoms with E-state index in [2.05, 4.69) is 41.5 Å². The number of benzene rings is 1. The summed E-state index contributed by atoms with van der Waals surface area (Å²) >= 11 is 0. The van der Waals surface area contributed by atoms with Crippen molar-refractivity contribution in [2.24, 2.45) is 5.92 Å². The third-order valence-corrected chi connectivity index (χ3v) is 3.83. The van der Waals surface area contributed by atoms with Crippen LogP contribution in [-0.4, -0.2) is 16.0 Å². The molecular weight excluding hydrogens is 250 g/mol. The monoisotopic (exact) mass is 269 g/mol. The van der Waals surface area contributed by atoms with Crippen molar-refractivity contribution in [3.8, 4) is 0 Å². The van der Waals surface area contributed by atoms with E-state index in [1.165, 1.54) is 5.56 Å². The molecule has 1 aliphatic carbocycles. The van der Waals surface area contributed by atoms with Gasteiger partial charge in [0.2, 0.25) is 0 Å². The van der Waals surface area contributed by atoms with Gasteiger partial charge in [0.15, 0.2) is 11.6 Å². The molecule has 0 aliphatic heterocycles. The van der Waals surface area contributed by atoms with E-state index in [0.29, 0.717) is 18.2 Å². The number of hydrogen-bond acceptors (Lipinski definition) is 3. The van der Waals surface area contributed by atoms with Crippen molar-refractivity contribution in [1.82, 2.24) is 10.2 Å². The van der Waals surface area contributed by atoms with E-state index in [-0.39, 0.29) is 5.78 Å². The van der Waals surface area contributed by atoms with Gasteiger partial charge in [0.25, 0.3) is 0 Å². The number of Topliss-reactive ketones (excluding diaryl/α,β-unsaturated/α-hetero) is 1. The highest BCUT2D eigenvalue weighted by atomic mass is 16.1. The average molecular weight is 269 g/mol. The Bertz CT molecular complexity index is 628. The zero-order chi connectivity index (χ0) is 14.1. The van der Waals surface area contributed by atoms with Crippen molar-refractivity contribution < 1.29 is 4.79 Å². The third kappa shape index (κ3) is 2.33. The molecule has 1 unspecified atom stereocenters. The number of aromatic amines is 1. The summed E-state index contributed by atoms with van der Waals surface area (Å²) in [4.78, 5) is 12.2. The zero-order valence-electron chi connectivity index (χ0n) is 11.9. The Balaban J connectivity index is 1.86. The summed E-state index contributed by atoms with van der Waals surface area (Å²) in [5, 5.41) is 10.5. The van der Waals surface area contributed by atoms with Gasteiger partial charge in [-0.1, -0.05) is 26.0 Å². The number of rotatable bonds is 3. The quantitative estimate of drug-likeness (QED) is 0.896. The summed E-state index contributed by atoms with van der Waals surface area (Å²) in [6.07, 6.45) is 2.52. The maximum atomic E-state index is 12.2. The number of H-pyrrole nitrogens is 1. The van der Waals surface area contributed by atoms with Crippen molar-refractivity contribution in [2.45, 2.75) is 33.1 Å². The van der Waals surface area contributed by atoms with Crippen LogP contribution in [0.1, 0.15) is 41.9 Å². The molecule has 1 aromatic carbocycles. The lowest BCUT2D eigenvalue weighted by atomic mass is 9.88. The second kappa shape index (κ2) is 5.12. The van der Waals surface area contributed by atoms with Crippen LogP contribution in [0.5, 0.6) is 0 Å². The number of hydrogen-bond donors (Lipinski definition) is 2. The Labute approximate surface area is 118 Å². The summed E-state index contributed by atoms with van der Waals surface area (Å²) in [7, 11) is 0. The van der Waals surface area contributed by atoms with Crippen LogP contribution in [0.15, 0.2) is 24.3 Å². The van der Waals surface area contributed by atoms with Gasteiger partial charge < -0.3 is 5.32 Å². The molecule has 0 spiro atoms. The molecule has 1 aromatic heterocycles. The molecule has 2 N–H and O–H groups in total. The second-order valence-electron chi connectivity index (χ2n) is 5.54. The number of anilines is 2. The van der Waals surface area contributed by atoms with Crippen LogP contribution in [0.2, 0.25) is 0 Å². The second-order valence-corrected chi connectivity index (χ2v) is 5.54. The summed E-state index contributed by atoms with van der Waals surface area (Å²) in [5.41, 5.74) is 3.96. The number of aromatic nitrogens is 2. The van der Waals surface area contributed by atoms with Crippen LogP contribution < -0.4 is 5.32 Å². The standard InChI is InChI=1S/C16H19N3O/c1-3-11-4-6-12(7-5-11)17-16-15-13(18-19-16)8-10(2)9-14(15)20/h4-7,10H,3,8-9H2,1-2H3,(H2,17,18,19). The van der Waals surface area contributed by atoms with Crippen molar-refractivity contribution in [3.63, 3.8) is 0 Å². The van der Waals surface area contributed by atoms with Gasteiger partial charge in [0.1, 0.15) is 0 Å². The van der Waals surface area contributed by atoms with E-state index in [4.69, 9.17) is 0 Å². The fraction of sp³-hybridized carbons (Fsp3) is 0.375. The predicted molar refractivity (Wildman–Crippen MR) is 79.5 cm³/mol. The van der Waals surface area contributed by atoms with Gasteiger partial charge in [-0.05, 0) is 36.5 Å². The molecule has 0 saturated heterocycles. The molecule has 1 atom stereocenters. The van der Waals surface area contributed by atoms with Crippen LogP contribution in [0.25, 0.3) is 0 Å². The molecular formula is C16H19N3O. The van der Waals surface area contributed by atoms with Crippen LogP contribution in [0.3, 0.4) is 0 Å². The molecule has 104 valence electrons. The fourth-order valence-electron chi connectivity index (χ4n) is 2.72. The highest BCUT2D eigenvalue weighted by molar-refractivity contribution is 6.03. The summed E-state index contributed by atoms with van der Waals surface area (Å²) in [6, 6.07) is 8.22. The van der Waals surface area contributed by atoms with Crippen molar-refractivity contribution in [2.75, 3.05) is 5.32 Å². The molecule has 0 amide bonds. The Kier molecular flexibility index (Phi) is 3.30. The SMILES string of the molecule is CCc1ccc(Nc2n[nH]c3c2C(=O)CC(C)C3)cc1. The minimum absolute atomic E-state index is 0.181. The van der Waals surface area contributed by atoms with Gasteiger partial charge in [-0.25, -0.2) is 0 Å². The van der Waals surface area contributed by atoms with E-state index in [0.717, 1.165) is 29.8 Å². The first kappa shape index (κ1) is 12.9. The predicted octanol–water partition coefficient (Wildman–Crippen LogP) is 3.48. The number of aryl methyl sites for hydroxylation is 1. The van der Waals surface area contributed by atoms with Gasteiger partial charge in [0, 0.05) is 17.8 Å². The number of fused-ring (bicyclic) bond motifs is 1. The Morgan fingerprint density at radius 2 is 2.05 bits per heavy atom. The van der Waals surface area contributed by atoms with Gasteiger partial charge in [-0.3, -0.25) is 9.89 Å². The topological polar surface area (TPSA) is 57.8 Å². The Morgan fingerprint density at radius 3 is 2.75 bits per heavy atom. The lowest BCUT2D eigenvalue weighted by molar-refractivity contribution is 0.0954. The normalized spacial score (nSPS) is 17.9. The lowest BCUT2D eigenvalue weighted by Gasteiger charge is -2.17. The molecule has 3 rings (SSSR count). The Morgan fingerprint density at radius 1 is 1.30 bits per heavy atom. The third-order valence-electron chi connectivity index (χ3n) is 3.83. The van der Waals surface area contributed by atoms with Gasteiger partial charge in [0.05, 0.1) is 5.56 Å². The number of carbonyl (C=O) groups is 1. The molecule has 0 saturated carbocycles. The molecule has 2 aromatic rings. The van der Waals surface area contributed by atoms with Gasteiger partial charge >= 0.3 is 0 Å². The van der Waals surface area contributed by atoms with Crippen molar-refractivity contribution in [1.29, 1.82) is 0 Å². The largest absolute Gasteiger partial charge is 0.338 e. The minimum atomic E-state index is 0.181. The highest BCUT2D eigenvalue weighted by Crippen LogP contribution is 2.30. The molecule has 20 heavy (non-hydrogen) atoms. The van der Waals surface area contributed by atoms with Crippen molar-refractivity contribution >= 4 is 17.3 Å². The van der Waals surface area contributed by atoms with Crippen LogP contribution in [0.4, 0.5) is 11.5 Å². The summed E-state index contributed by atoms with van der Waals surface area (Å²) < 4.78 is 0. The number of nitrogens with zero attached hydrogens (tertiary/aromatic N) is 1. The van der Waals surface area contributed by atoms with E-state index in [9.17, 15) is 4.79 Å². The first-order valence-corrected chi connectivity index (χ1v) is 7.13. The molecule has 1 aliphatic rings. The summed E-state index contributed by atoms with van der Waals surface area (Å²) in [6.45, 7) is 4.23. The zero-order valence-corrected chi connectivity index (χ0v) is 11.9. The minimum Gasteiger partial charge on any atom is -0.338 e. The maximum Gasteiger partial charge on any atom is 0.168 e. The van der Waals surface area contributed by atoms with E-state index in [1.54, 1.807) is 0 Å². The van der Waals surface area contributed by atoms with Crippen LogP contribution in [-0.2, 0) is 12.8 Å².